The highest BCUT2D eigenvalue weighted by Crippen LogP contribution is 2.21. The van der Waals surface area contributed by atoms with Crippen molar-refractivity contribution in [3.63, 3.8) is 0 Å². The SMILES string of the molecule is O=C(CCc1cccc2ccccc12)NCc1nc(-c2cccc(Br)c2)no1. The molecule has 3 aromatic carbocycles. The highest BCUT2D eigenvalue weighted by atomic mass is 79.9. The van der Waals surface area contributed by atoms with E-state index in [0.29, 0.717) is 24.6 Å². The van der Waals surface area contributed by atoms with E-state index in [2.05, 4.69) is 55.7 Å². The largest absolute Gasteiger partial charge is 0.347 e. The Labute approximate surface area is 170 Å². The van der Waals surface area contributed by atoms with Gasteiger partial charge in [-0.15, -0.1) is 0 Å². The molecular formula is C22H18BrN3O2. The van der Waals surface area contributed by atoms with Crippen molar-refractivity contribution in [1.29, 1.82) is 0 Å². The normalized spacial score (nSPS) is 10.9. The molecule has 1 heterocycles. The standard InChI is InChI=1S/C22H18BrN3O2/c23-18-9-4-8-17(13-18)22-25-21(28-26-22)14-24-20(27)12-11-16-7-3-6-15-5-1-2-10-19(15)16/h1-10,13H,11-12,14H2,(H,24,27). The number of hydrogen-bond donors (Lipinski definition) is 1. The minimum atomic E-state index is -0.0462. The van der Waals surface area contributed by atoms with Crippen molar-refractivity contribution in [1.82, 2.24) is 15.5 Å². The van der Waals surface area contributed by atoms with E-state index in [1.807, 2.05) is 42.5 Å². The molecule has 1 aromatic heterocycles. The quantitative estimate of drug-likeness (QED) is 0.467. The molecule has 0 fully saturated rings. The maximum absolute atomic E-state index is 12.2. The summed E-state index contributed by atoms with van der Waals surface area (Å²) in [4.78, 5) is 16.6. The van der Waals surface area contributed by atoms with E-state index in [1.54, 1.807) is 0 Å². The zero-order valence-corrected chi connectivity index (χ0v) is 16.6. The molecule has 1 amide bonds. The summed E-state index contributed by atoms with van der Waals surface area (Å²) in [6.07, 6.45) is 1.08. The second-order valence-corrected chi connectivity index (χ2v) is 7.35. The highest BCUT2D eigenvalue weighted by Gasteiger charge is 2.11. The van der Waals surface area contributed by atoms with Gasteiger partial charge < -0.3 is 9.84 Å². The van der Waals surface area contributed by atoms with Gasteiger partial charge in [0, 0.05) is 16.5 Å². The third-order valence-corrected chi connectivity index (χ3v) is 4.98. The van der Waals surface area contributed by atoms with Gasteiger partial charge in [0.1, 0.15) is 0 Å². The second-order valence-electron chi connectivity index (χ2n) is 6.44. The van der Waals surface area contributed by atoms with Gasteiger partial charge in [0.2, 0.25) is 17.6 Å². The molecule has 6 heteroatoms. The van der Waals surface area contributed by atoms with Gasteiger partial charge in [0.25, 0.3) is 0 Å². The van der Waals surface area contributed by atoms with Crippen molar-refractivity contribution in [2.75, 3.05) is 0 Å². The first kappa shape index (κ1) is 18.4. The van der Waals surface area contributed by atoms with Crippen LogP contribution in [0.25, 0.3) is 22.2 Å². The molecule has 0 aliphatic carbocycles. The van der Waals surface area contributed by atoms with Crippen LogP contribution in [-0.4, -0.2) is 16.0 Å². The Bertz CT molecular complexity index is 1120. The fourth-order valence-electron chi connectivity index (χ4n) is 3.09. The summed E-state index contributed by atoms with van der Waals surface area (Å²) in [5, 5.41) is 9.20. The number of nitrogens with zero attached hydrogens (tertiary/aromatic N) is 2. The van der Waals surface area contributed by atoms with Gasteiger partial charge in [-0.25, -0.2) is 0 Å². The predicted octanol–water partition coefficient (Wildman–Crippen LogP) is 4.90. The Kier molecular flexibility index (Phi) is 5.48. The number of amides is 1. The minimum absolute atomic E-state index is 0.0462. The molecule has 0 aliphatic heterocycles. The van der Waals surface area contributed by atoms with Crippen LogP contribution in [0.4, 0.5) is 0 Å². The first-order valence-corrected chi connectivity index (χ1v) is 9.80. The Morgan fingerprint density at radius 3 is 2.75 bits per heavy atom. The number of nitrogens with one attached hydrogen (secondary N) is 1. The van der Waals surface area contributed by atoms with Gasteiger partial charge >= 0.3 is 0 Å². The molecule has 0 unspecified atom stereocenters. The molecule has 0 radical (unpaired) electrons. The van der Waals surface area contributed by atoms with Gasteiger partial charge in [0.05, 0.1) is 6.54 Å². The number of rotatable bonds is 6. The molecule has 28 heavy (non-hydrogen) atoms. The summed E-state index contributed by atoms with van der Waals surface area (Å²) in [6, 6.07) is 22.0. The number of aromatic nitrogens is 2. The summed E-state index contributed by atoms with van der Waals surface area (Å²) in [5.74, 6) is 0.838. The van der Waals surface area contributed by atoms with Crippen LogP contribution in [0, 0.1) is 0 Å². The zero-order valence-electron chi connectivity index (χ0n) is 15.1. The number of fused-ring (bicyclic) bond motifs is 1. The second kappa shape index (κ2) is 8.35. The average molecular weight is 436 g/mol. The van der Waals surface area contributed by atoms with E-state index in [-0.39, 0.29) is 12.5 Å². The van der Waals surface area contributed by atoms with Crippen LogP contribution in [0.15, 0.2) is 75.7 Å². The van der Waals surface area contributed by atoms with E-state index in [1.165, 1.54) is 16.3 Å². The topological polar surface area (TPSA) is 68.0 Å². The highest BCUT2D eigenvalue weighted by molar-refractivity contribution is 9.10. The molecular weight excluding hydrogens is 418 g/mol. The maximum atomic E-state index is 12.2. The van der Waals surface area contributed by atoms with Crippen molar-refractivity contribution in [3.8, 4) is 11.4 Å². The average Bonchev–Trinajstić information content (AvgIpc) is 3.20. The first-order chi connectivity index (χ1) is 13.7. The van der Waals surface area contributed by atoms with Crippen molar-refractivity contribution in [2.45, 2.75) is 19.4 Å². The van der Waals surface area contributed by atoms with Gasteiger partial charge in [-0.2, -0.15) is 4.98 Å². The molecule has 0 saturated carbocycles. The van der Waals surface area contributed by atoms with E-state index in [0.717, 1.165) is 10.0 Å². The lowest BCUT2D eigenvalue weighted by Crippen LogP contribution is -2.23. The van der Waals surface area contributed by atoms with Crippen LogP contribution in [0.1, 0.15) is 17.9 Å². The maximum Gasteiger partial charge on any atom is 0.246 e. The molecule has 0 aliphatic rings. The number of halogens is 1. The summed E-state index contributed by atoms with van der Waals surface area (Å²) in [6.45, 7) is 0.218. The third kappa shape index (κ3) is 4.28. The summed E-state index contributed by atoms with van der Waals surface area (Å²) < 4.78 is 6.18. The predicted molar refractivity (Wildman–Crippen MR) is 112 cm³/mol. The molecule has 0 spiro atoms. The summed E-state index contributed by atoms with van der Waals surface area (Å²) >= 11 is 3.42. The van der Waals surface area contributed by atoms with E-state index >= 15 is 0 Å². The summed E-state index contributed by atoms with van der Waals surface area (Å²) in [7, 11) is 0. The van der Waals surface area contributed by atoms with Gasteiger partial charge in [0.15, 0.2) is 0 Å². The monoisotopic (exact) mass is 435 g/mol. The minimum Gasteiger partial charge on any atom is -0.347 e. The molecule has 140 valence electrons. The fraction of sp³-hybridized carbons (Fsp3) is 0.136. The zero-order chi connectivity index (χ0) is 19.3. The Morgan fingerprint density at radius 2 is 1.86 bits per heavy atom. The number of benzene rings is 3. The smallest absolute Gasteiger partial charge is 0.246 e. The van der Waals surface area contributed by atoms with Crippen molar-refractivity contribution in [2.24, 2.45) is 0 Å². The van der Waals surface area contributed by atoms with Crippen LogP contribution in [0.3, 0.4) is 0 Å². The van der Waals surface area contributed by atoms with E-state index < -0.39 is 0 Å². The molecule has 0 saturated heterocycles. The Hall–Kier alpha value is -2.99. The lowest BCUT2D eigenvalue weighted by Gasteiger charge is -2.06. The molecule has 0 atom stereocenters. The lowest BCUT2D eigenvalue weighted by atomic mass is 10.0. The van der Waals surface area contributed by atoms with Crippen molar-refractivity contribution >= 4 is 32.6 Å². The molecule has 4 aromatic rings. The van der Waals surface area contributed by atoms with Crippen LogP contribution in [0.2, 0.25) is 0 Å². The number of hydrogen-bond acceptors (Lipinski definition) is 4. The Balaban J connectivity index is 1.34. The van der Waals surface area contributed by atoms with Gasteiger partial charge in [-0.05, 0) is 34.9 Å². The van der Waals surface area contributed by atoms with E-state index in [9.17, 15) is 4.79 Å². The molecule has 1 N–H and O–H groups in total. The van der Waals surface area contributed by atoms with Gasteiger partial charge in [-0.1, -0.05) is 75.7 Å². The van der Waals surface area contributed by atoms with Crippen LogP contribution >= 0.6 is 15.9 Å². The summed E-state index contributed by atoms with van der Waals surface area (Å²) in [5.41, 5.74) is 2.02. The van der Waals surface area contributed by atoms with Gasteiger partial charge in [-0.3, -0.25) is 4.79 Å². The van der Waals surface area contributed by atoms with Crippen molar-refractivity contribution in [3.05, 3.63) is 82.7 Å². The number of carbonyl (C=O) groups is 1. The number of carbonyl (C=O) groups excluding carboxylic acids is 1. The number of aryl methyl sites for hydroxylation is 1. The Morgan fingerprint density at radius 1 is 1.04 bits per heavy atom. The first-order valence-electron chi connectivity index (χ1n) is 9.01. The third-order valence-electron chi connectivity index (χ3n) is 4.49. The molecule has 4 rings (SSSR count). The lowest BCUT2D eigenvalue weighted by molar-refractivity contribution is -0.121. The van der Waals surface area contributed by atoms with Crippen LogP contribution in [0.5, 0.6) is 0 Å². The molecule has 0 bridgehead atoms. The van der Waals surface area contributed by atoms with Crippen LogP contribution in [-0.2, 0) is 17.8 Å². The molecule has 5 nitrogen and oxygen atoms in total. The van der Waals surface area contributed by atoms with E-state index in [4.69, 9.17) is 4.52 Å². The fourth-order valence-corrected chi connectivity index (χ4v) is 3.49. The van der Waals surface area contributed by atoms with Crippen molar-refractivity contribution < 1.29 is 9.32 Å². The van der Waals surface area contributed by atoms with Crippen LogP contribution < -0.4 is 5.32 Å².